The highest BCUT2D eigenvalue weighted by Crippen LogP contribution is 2.31. The van der Waals surface area contributed by atoms with Crippen molar-refractivity contribution in [3.8, 4) is 11.4 Å². The Morgan fingerprint density at radius 1 is 0.864 bits per heavy atom. The van der Waals surface area contributed by atoms with Gasteiger partial charge in [0.2, 0.25) is 5.75 Å². The Labute approximate surface area is 125 Å². The molecule has 2 heterocycles. The molecule has 0 saturated heterocycles. The fourth-order valence-electron chi connectivity index (χ4n) is 2.68. The number of aromatic nitrogens is 1. The number of hydrogen-bond donors (Lipinski definition) is 1. The topological polar surface area (TPSA) is 54.3 Å². The average molecular weight is 290 g/mol. The van der Waals surface area contributed by atoms with Gasteiger partial charge in [0, 0.05) is 17.5 Å². The van der Waals surface area contributed by atoms with Gasteiger partial charge >= 0.3 is 11.3 Å². The zero-order valence-electron chi connectivity index (χ0n) is 11.6. The van der Waals surface area contributed by atoms with Gasteiger partial charge in [-0.25, -0.2) is 4.79 Å². The van der Waals surface area contributed by atoms with Gasteiger partial charge in [-0.2, -0.15) is 4.57 Å². The van der Waals surface area contributed by atoms with Crippen LogP contribution in [0.2, 0.25) is 0 Å². The molecule has 0 aliphatic carbocycles. The molecule has 0 unspecified atom stereocenters. The molecule has 2 aromatic heterocycles. The summed E-state index contributed by atoms with van der Waals surface area (Å²) in [4.78, 5) is 12.4. The molecule has 1 N–H and O–H groups in total. The van der Waals surface area contributed by atoms with Crippen LogP contribution in [0, 0.1) is 0 Å². The molecule has 0 saturated carbocycles. The molecule has 4 aromatic rings. The van der Waals surface area contributed by atoms with E-state index in [1.807, 2.05) is 36.4 Å². The Bertz CT molecular complexity index is 1050. The molecule has 0 radical (unpaired) electrons. The normalized spacial score (nSPS) is 11.1. The van der Waals surface area contributed by atoms with Gasteiger partial charge in [0.05, 0.1) is 5.39 Å². The molecular formula is C18H12NO3+. The van der Waals surface area contributed by atoms with Gasteiger partial charge in [0.15, 0.2) is 12.4 Å². The minimum atomic E-state index is -0.572. The minimum Gasteiger partial charge on any atom is -0.502 e. The van der Waals surface area contributed by atoms with Gasteiger partial charge in [0.1, 0.15) is 5.58 Å². The summed E-state index contributed by atoms with van der Waals surface area (Å²) < 4.78 is 7.06. The van der Waals surface area contributed by atoms with Crippen molar-refractivity contribution in [2.24, 2.45) is 0 Å². The van der Waals surface area contributed by atoms with Crippen molar-refractivity contribution in [1.29, 1.82) is 0 Å². The summed E-state index contributed by atoms with van der Waals surface area (Å²) in [6.45, 7) is 0. The van der Waals surface area contributed by atoms with E-state index in [1.54, 1.807) is 35.2 Å². The van der Waals surface area contributed by atoms with Gasteiger partial charge in [-0.15, -0.1) is 0 Å². The van der Waals surface area contributed by atoms with Gasteiger partial charge in [-0.1, -0.05) is 36.4 Å². The third-order valence-corrected chi connectivity index (χ3v) is 3.72. The standard InChI is InChI=1S/C18H11NO3/c20-16-14-9-8-12-6-2-3-7-13(12)17(14)22-18(21)15(16)19-10-4-1-5-11-19/h1-11H/p+1. The molecule has 0 spiro atoms. The summed E-state index contributed by atoms with van der Waals surface area (Å²) in [6, 6.07) is 16.7. The highest BCUT2D eigenvalue weighted by molar-refractivity contribution is 6.06. The molecule has 106 valence electrons. The summed E-state index contributed by atoms with van der Waals surface area (Å²) in [6.07, 6.45) is 3.39. The van der Waals surface area contributed by atoms with Gasteiger partial charge in [0.25, 0.3) is 0 Å². The van der Waals surface area contributed by atoms with E-state index in [9.17, 15) is 9.90 Å². The first-order chi connectivity index (χ1) is 10.8. The first-order valence-corrected chi connectivity index (χ1v) is 6.90. The summed E-state index contributed by atoms with van der Waals surface area (Å²) >= 11 is 0. The maximum atomic E-state index is 12.4. The lowest BCUT2D eigenvalue weighted by molar-refractivity contribution is -0.598. The Kier molecular flexibility index (Phi) is 2.69. The second-order valence-corrected chi connectivity index (χ2v) is 5.03. The first kappa shape index (κ1) is 12.6. The number of hydrogen-bond acceptors (Lipinski definition) is 3. The lowest BCUT2D eigenvalue weighted by atomic mass is 10.1. The second-order valence-electron chi connectivity index (χ2n) is 5.03. The van der Waals surface area contributed by atoms with Gasteiger partial charge in [-0.05, 0) is 11.5 Å². The molecule has 0 amide bonds. The quantitative estimate of drug-likeness (QED) is 0.333. The van der Waals surface area contributed by atoms with E-state index in [4.69, 9.17) is 4.42 Å². The monoisotopic (exact) mass is 290 g/mol. The van der Waals surface area contributed by atoms with E-state index in [2.05, 4.69) is 0 Å². The molecule has 0 bridgehead atoms. The highest BCUT2D eigenvalue weighted by Gasteiger charge is 2.23. The molecule has 4 rings (SSSR count). The number of pyridine rings is 1. The molecule has 0 aliphatic heterocycles. The third-order valence-electron chi connectivity index (χ3n) is 3.72. The third kappa shape index (κ3) is 1.78. The van der Waals surface area contributed by atoms with E-state index >= 15 is 0 Å². The van der Waals surface area contributed by atoms with E-state index in [0.29, 0.717) is 11.0 Å². The smallest absolute Gasteiger partial charge is 0.413 e. The zero-order valence-corrected chi connectivity index (χ0v) is 11.6. The van der Waals surface area contributed by atoms with Crippen LogP contribution in [0.5, 0.6) is 5.75 Å². The van der Waals surface area contributed by atoms with E-state index < -0.39 is 5.63 Å². The maximum absolute atomic E-state index is 12.4. The minimum absolute atomic E-state index is 0.0757. The molecule has 0 atom stereocenters. The van der Waals surface area contributed by atoms with Crippen molar-refractivity contribution in [1.82, 2.24) is 0 Å². The Balaban J connectivity index is 2.15. The number of nitrogens with zero attached hydrogens (tertiary/aromatic N) is 1. The van der Waals surface area contributed by atoms with Crippen molar-refractivity contribution in [3.63, 3.8) is 0 Å². The summed E-state index contributed by atoms with van der Waals surface area (Å²) in [5, 5.41) is 12.8. The van der Waals surface area contributed by atoms with Crippen molar-refractivity contribution >= 4 is 21.7 Å². The lowest BCUT2D eigenvalue weighted by Crippen LogP contribution is -2.35. The van der Waals surface area contributed by atoms with Crippen LogP contribution in [-0.4, -0.2) is 5.11 Å². The van der Waals surface area contributed by atoms with Crippen molar-refractivity contribution in [2.45, 2.75) is 0 Å². The van der Waals surface area contributed by atoms with Gasteiger partial charge < -0.3 is 9.52 Å². The van der Waals surface area contributed by atoms with Crippen LogP contribution in [0.3, 0.4) is 0 Å². The summed E-state index contributed by atoms with van der Waals surface area (Å²) in [5.41, 5.74) is -0.0539. The first-order valence-electron chi connectivity index (χ1n) is 6.90. The SMILES string of the molecule is O=c1oc2c(ccc3ccccc32)c(O)c1-[n+]1ccccc1. The van der Waals surface area contributed by atoms with Crippen molar-refractivity contribution in [3.05, 3.63) is 77.4 Å². The van der Waals surface area contributed by atoms with E-state index in [-0.39, 0.29) is 11.4 Å². The largest absolute Gasteiger partial charge is 0.502 e. The summed E-state index contributed by atoms with van der Waals surface area (Å²) in [5.74, 6) is -0.0757. The Hall–Kier alpha value is -3.14. The average Bonchev–Trinajstić information content (AvgIpc) is 2.56. The molecule has 2 aromatic carbocycles. The van der Waals surface area contributed by atoms with Crippen LogP contribution < -0.4 is 10.2 Å². The zero-order chi connectivity index (χ0) is 15.1. The molecular weight excluding hydrogens is 278 g/mol. The van der Waals surface area contributed by atoms with Gasteiger partial charge in [-0.3, -0.25) is 0 Å². The second kappa shape index (κ2) is 4.70. The predicted octanol–water partition coefficient (Wildman–Crippen LogP) is 2.93. The van der Waals surface area contributed by atoms with E-state index in [1.165, 1.54) is 0 Å². The van der Waals surface area contributed by atoms with Crippen LogP contribution in [0.15, 0.2) is 76.2 Å². The number of rotatable bonds is 1. The van der Waals surface area contributed by atoms with Crippen molar-refractivity contribution < 1.29 is 14.1 Å². The molecule has 22 heavy (non-hydrogen) atoms. The van der Waals surface area contributed by atoms with Crippen LogP contribution >= 0.6 is 0 Å². The van der Waals surface area contributed by atoms with Crippen LogP contribution in [0.4, 0.5) is 0 Å². The maximum Gasteiger partial charge on any atom is 0.413 e. The number of fused-ring (bicyclic) bond motifs is 3. The van der Waals surface area contributed by atoms with Crippen molar-refractivity contribution in [2.75, 3.05) is 0 Å². The Morgan fingerprint density at radius 3 is 2.45 bits per heavy atom. The molecule has 4 nitrogen and oxygen atoms in total. The van der Waals surface area contributed by atoms with E-state index in [0.717, 1.165) is 10.8 Å². The molecule has 0 aliphatic rings. The molecule has 0 fully saturated rings. The number of benzene rings is 2. The highest BCUT2D eigenvalue weighted by atomic mass is 16.4. The van der Waals surface area contributed by atoms with Crippen LogP contribution in [-0.2, 0) is 0 Å². The Morgan fingerprint density at radius 2 is 1.64 bits per heavy atom. The lowest BCUT2D eigenvalue weighted by Gasteiger charge is -2.05. The number of aromatic hydroxyl groups is 1. The van der Waals surface area contributed by atoms with Crippen LogP contribution in [0.1, 0.15) is 0 Å². The molecule has 4 heteroatoms. The van der Waals surface area contributed by atoms with Crippen LogP contribution in [0.25, 0.3) is 27.4 Å². The predicted molar refractivity (Wildman–Crippen MR) is 83.2 cm³/mol. The summed E-state index contributed by atoms with van der Waals surface area (Å²) in [7, 11) is 0. The fraction of sp³-hybridized carbons (Fsp3) is 0. The fourth-order valence-corrected chi connectivity index (χ4v) is 2.68.